The van der Waals surface area contributed by atoms with Crippen LogP contribution in [-0.2, 0) is 21.2 Å². The number of amides is 1. The highest BCUT2D eigenvalue weighted by Crippen LogP contribution is 2.31. The lowest BCUT2D eigenvalue weighted by Crippen LogP contribution is -2.27. The minimum atomic E-state index is -3.39. The van der Waals surface area contributed by atoms with Gasteiger partial charge in [-0.25, -0.2) is 13.4 Å². The van der Waals surface area contributed by atoms with Crippen LogP contribution in [0.4, 0.5) is 11.5 Å². The summed E-state index contributed by atoms with van der Waals surface area (Å²) in [6.07, 6.45) is 0. The topological polar surface area (TPSA) is 128 Å². The lowest BCUT2D eigenvalue weighted by molar-refractivity contribution is -0.114. The molecule has 1 aliphatic heterocycles. The van der Waals surface area contributed by atoms with Crippen molar-refractivity contribution in [1.29, 1.82) is 0 Å². The van der Waals surface area contributed by atoms with E-state index in [1.165, 1.54) is 0 Å². The molecule has 1 aliphatic rings. The van der Waals surface area contributed by atoms with Gasteiger partial charge in [-0.05, 0) is 36.2 Å². The van der Waals surface area contributed by atoms with Crippen LogP contribution in [0.2, 0.25) is 0 Å². The van der Waals surface area contributed by atoms with Crippen molar-refractivity contribution in [2.24, 2.45) is 5.11 Å². The number of azide groups is 1. The van der Waals surface area contributed by atoms with E-state index < -0.39 is 15.7 Å². The van der Waals surface area contributed by atoms with E-state index in [-0.39, 0.29) is 18.8 Å². The monoisotopic (exact) mass is 436 g/mol. The maximum absolute atomic E-state index is 12.7. The Labute approximate surface area is 179 Å². The summed E-state index contributed by atoms with van der Waals surface area (Å²) in [6.45, 7) is 2.27. The van der Waals surface area contributed by atoms with E-state index in [1.54, 1.807) is 24.3 Å². The second-order valence-corrected chi connectivity index (χ2v) is 9.41. The molecule has 1 amide bonds. The van der Waals surface area contributed by atoms with Gasteiger partial charge in [-0.1, -0.05) is 34.9 Å². The third-order valence-electron chi connectivity index (χ3n) is 5.13. The number of hydrogen-bond donors (Lipinski definition) is 1. The average molecular weight is 436 g/mol. The first-order valence-electron chi connectivity index (χ1n) is 9.65. The van der Waals surface area contributed by atoms with Gasteiger partial charge in [0.05, 0.1) is 21.9 Å². The molecule has 1 aromatic heterocycles. The van der Waals surface area contributed by atoms with Gasteiger partial charge in [0.1, 0.15) is 12.4 Å². The Kier molecular flexibility index (Phi) is 5.50. The predicted molar refractivity (Wildman–Crippen MR) is 119 cm³/mol. The first-order chi connectivity index (χ1) is 14.9. The molecular weight excluding hydrogens is 416 g/mol. The Morgan fingerprint density at radius 1 is 1.26 bits per heavy atom. The largest absolute Gasteiger partial charge is 0.351 e. The molecule has 0 unspecified atom stereocenters. The number of aryl methyl sites for hydroxylation is 1. The molecule has 2 heterocycles. The van der Waals surface area contributed by atoms with Crippen molar-refractivity contribution in [3.63, 3.8) is 0 Å². The molecule has 31 heavy (non-hydrogen) atoms. The smallest absolute Gasteiger partial charge is 0.230 e. The third-order valence-corrected chi connectivity index (χ3v) is 6.91. The van der Waals surface area contributed by atoms with Crippen molar-refractivity contribution in [3.8, 4) is 0 Å². The van der Waals surface area contributed by atoms with Crippen LogP contribution in [0, 0.1) is 6.92 Å². The number of rotatable bonds is 4. The van der Waals surface area contributed by atoms with Gasteiger partial charge in [0.2, 0.25) is 5.91 Å². The molecule has 0 spiro atoms. The first-order valence-corrected chi connectivity index (χ1v) is 11.3. The summed E-state index contributed by atoms with van der Waals surface area (Å²) < 4.78 is 25.4. The number of anilines is 2. The molecule has 1 N–H and O–H groups in total. The molecular formula is C21H20N6O3S. The van der Waals surface area contributed by atoms with Crippen LogP contribution >= 0.6 is 0 Å². The highest BCUT2D eigenvalue weighted by atomic mass is 32.2. The molecule has 0 bridgehead atoms. The zero-order valence-electron chi connectivity index (χ0n) is 16.8. The molecule has 3 aromatic rings. The Morgan fingerprint density at radius 3 is 2.87 bits per heavy atom. The van der Waals surface area contributed by atoms with E-state index in [1.807, 2.05) is 36.1 Å². The number of carbonyl (C=O) groups excluding carboxylic acids is 1. The van der Waals surface area contributed by atoms with Crippen molar-refractivity contribution in [2.45, 2.75) is 18.4 Å². The Bertz CT molecular complexity index is 1330. The van der Waals surface area contributed by atoms with Crippen LogP contribution < -0.4 is 10.2 Å². The molecule has 10 heteroatoms. The predicted octanol–water partition coefficient (Wildman–Crippen LogP) is 3.59. The normalized spacial score (nSPS) is 14.9. The molecule has 2 aromatic carbocycles. The van der Waals surface area contributed by atoms with Crippen LogP contribution in [0.25, 0.3) is 21.3 Å². The lowest BCUT2D eigenvalue weighted by atomic mass is 10.1. The molecule has 0 saturated carbocycles. The van der Waals surface area contributed by atoms with E-state index in [0.717, 1.165) is 10.9 Å². The fourth-order valence-electron chi connectivity index (χ4n) is 3.64. The number of carbonyl (C=O) groups is 1. The van der Waals surface area contributed by atoms with E-state index in [9.17, 15) is 13.2 Å². The lowest BCUT2D eigenvalue weighted by Gasteiger charge is -2.23. The van der Waals surface area contributed by atoms with Crippen LogP contribution in [0.15, 0.2) is 58.5 Å². The molecule has 4 rings (SSSR count). The summed E-state index contributed by atoms with van der Waals surface area (Å²) in [4.78, 5) is 21.8. The average Bonchev–Trinajstić information content (AvgIpc) is 2.88. The highest BCUT2D eigenvalue weighted by molar-refractivity contribution is 7.91. The van der Waals surface area contributed by atoms with Crippen molar-refractivity contribution in [2.75, 3.05) is 29.1 Å². The van der Waals surface area contributed by atoms with Crippen LogP contribution in [0.5, 0.6) is 0 Å². The summed E-state index contributed by atoms with van der Waals surface area (Å²) in [6, 6.07) is 14.4. The summed E-state index contributed by atoms with van der Waals surface area (Å²) in [5.41, 5.74) is 11.4. The fourth-order valence-corrected chi connectivity index (χ4v) is 5.13. The molecule has 0 radical (unpaired) electrons. The van der Waals surface area contributed by atoms with Gasteiger partial charge < -0.3 is 10.2 Å². The number of hydrogen-bond acceptors (Lipinski definition) is 6. The highest BCUT2D eigenvalue weighted by Gasteiger charge is 2.26. The maximum atomic E-state index is 12.7. The number of sulfone groups is 1. The van der Waals surface area contributed by atoms with Gasteiger partial charge in [0.25, 0.3) is 0 Å². The van der Waals surface area contributed by atoms with E-state index >= 15 is 0 Å². The Hall–Kier alpha value is -3.62. The van der Waals surface area contributed by atoms with Crippen LogP contribution in [0.1, 0.15) is 11.1 Å². The number of fused-ring (bicyclic) bond motifs is 2. The zero-order chi connectivity index (χ0) is 22.0. The van der Waals surface area contributed by atoms with Gasteiger partial charge in [-0.15, -0.1) is 0 Å². The summed E-state index contributed by atoms with van der Waals surface area (Å²) >= 11 is 0. The number of pyridine rings is 1. The minimum absolute atomic E-state index is 0.0315. The SMILES string of the molecule is Cc1ccc2nc(N3CCS(=O)(=O)c4ccccc4C3)cc(NC(=O)CN=[N+]=[N-])c2c1. The van der Waals surface area contributed by atoms with E-state index in [0.29, 0.717) is 34.0 Å². The molecule has 0 saturated heterocycles. The van der Waals surface area contributed by atoms with Crippen molar-refractivity contribution < 1.29 is 13.2 Å². The molecule has 0 aliphatic carbocycles. The summed E-state index contributed by atoms with van der Waals surface area (Å²) in [7, 11) is -3.39. The number of nitrogens with one attached hydrogen (secondary N) is 1. The zero-order valence-corrected chi connectivity index (χ0v) is 17.6. The summed E-state index contributed by atoms with van der Waals surface area (Å²) in [5.74, 6) is 0.0832. The van der Waals surface area contributed by atoms with Crippen molar-refractivity contribution >= 4 is 38.2 Å². The third kappa shape index (κ3) is 4.30. The van der Waals surface area contributed by atoms with E-state index in [2.05, 4.69) is 15.3 Å². The number of nitrogens with zero attached hydrogens (tertiary/aromatic N) is 5. The molecule has 9 nitrogen and oxygen atoms in total. The van der Waals surface area contributed by atoms with Gasteiger partial charge in [0, 0.05) is 29.5 Å². The molecule has 158 valence electrons. The van der Waals surface area contributed by atoms with Gasteiger partial charge >= 0.3 is 0 Å². The molecule has 0 atom stereocenters. The minimum Gasteiger partial charge on any atom is -0.351 e. The standard InChI is InChI=1S/C21H20N6O3S/c1-14-6-7-17-16(10-14)18(25-21(28)12-23-26-22)11-20(24-17)27-8-9-31(29,30)19-5-3-2-4-15(19)13-27/h2-7,10-11H,8-9,12-13H2,1H3,(H,24,25,28). The van der Waals surface area contributed by atoms with Crippen LogP contribution in [-0.4, -0.2) is 38.2 Å². The first kappa shape index (κ1) is 20.6. The second kappa shape index (κ2) is 8.25. The molecule has 0 fully saturated rings. The second-order valence-electron chi connectivity index (χ2n) is 7.33. The number of benzene rings is 2. The Balaban J connectivity index is 1.78. The number of aromatic nitrogens is 1. The Morgan fingerprint density at radius 2 is 2.06 bits per heavy atom. The quantitative estimate of drug-likeness (QED) is 0.380. The maximum Gasteiger partial charge on any atom is 0.230 e. The van der Waals surface area contributed by atoms with Crippen molar-refractivity contribution in [3.05, 3.63) is 70.1 Å². The summed E-state index contributed by atoms with van der Waals surface area (Å²) in [5, 5.41) is 6.85. The van der Waals surface area contributed by atoms with E-state index in [4.69, 9.17) is 10.5 Å². The van der Waals surface area contributed by atoms with Gasteiger partial charge in [-0.3, -0.25) is 4.79 Å². The van der Waals surface area contributed by atoms with Crippen molar-refractivity contribution in [1.82, 2.24) is 4.98 Å². The van der Waals surface area contributed by atoms with Crippen LogP contribution in [0.3, 0.4) is 0 Å². The van der Waals surface area contributed by atoms with Gasteiger partial charge in [-0.2, -0.15) is 0 Å². The van der Waals surface area contributed by atoms with Gasteiger partial charge in [0.15, 0.2) is 9.84 Å². The fraction of sp³-hybridized carbons (Fsp3) is 0.238.